The Labute approximate surface area is 178 Å². The molecule has 1 amide bonds. The Morgan fingerprint density at radius 3 is 2.44 bits per heavy atom. The summed E-state index contributed by atoms with van der Waals surface area (Å²) in [5.41, 5.74) is 2.13. The van der Waals surface area contributed by atoms with E-state index < -0.39 is 15.9 Å². The fourth-order valence-electron chi connectivity index (χ4n) is 2.26. The average Bonchev–Trinajstić information content (AvgIpc) is 2.60. The first-order valence-electron chi connectivity index (χ1n) is 7.85. The van der Waals surface area contributed by atoms with Crippen molar-refractivity contribution < 1.29 is 9.53 Å². The average molecular weight is 447 g/mol. The van der Waals surface area contributed by atoms with Crippen LogP contribution in [0.15, 0.2) is 48.5 Å². The lowest BCUT2D eigenvalue weighted by atomic mass is 10.2. The lowest BCUT2D eigenvalue weighted by Gasteiger charge is -2.28. The highest BCUT2D eigenvalue weighted by atomic mass is 35.6. The number of ether oxygens (including phenoxy) is 1. The Morgan fingerprint density at radius 2 is 1.81 bits per heavy atom. The third kappa shape index (κ3) is 6.43. The second-order valence-electron chi connectivity index (χ2n) is 5.62. The largest absolute Gasteiger partial charge is 0.496 e. The van der Waals surface area contributed by atoms with Gasteiger partial charge in [0, 0.05) is 5.69 Å². The minimum atomic E-state index is -1.85. The van der Waals surface area contributed by atoms with Gasteiger partial charge < -0.3 is 20.7 Å². The van der Waals surface area contributed by atoms with Crippen LogP contribution in [0.5, 0.6) is 5.75 Å². The second kappa shape index (κ2) is 9.46. The van der Waals surface area contributed by atoms with Gasteiger partial charge in [-0.25, -0.2) is 0 Å². The summed E-state index contributed by atoms with van der Waals surface area (Å²) in [4.78, 5) is 12.6. The van der Waals surface area contributed by atoms with Crippen molar-refractivity contribution in [3.63, 3.8) is 0 Å². The summed E-state index contributed by atoms with van der Waals surface area (Å²) in [6, 6.07) is 14.3. The maximum Gasteiger partial charge on any atom is 0.256 e. The van der Waals surface area contributed by atoms with Crippen LogP contribution in [-0.2, 0) is 0 Å². The lowest BCUT2D eigenvalue weighted by Crippen LogP contribution is -2.56. The number of methoxy groups -OCH3 is 1. The molecule has 2 aromatic rings. The van der Waals surface area contributed by atoms with Gasteiger partial charge >= 0.3 is 0 Å². The normalized spacial score (nSPS) is 12.0. The standard InChI is InChI=1S/C18H18Cl3N3O2S/c1-11-6-5-7-12(10-11)22-17(27)24-16(18(19,20)21)23-15(25)13-8-3-4-9-14(13)26-2/h3-10,16H,1-2H3,(H,23,25)(H2,22,24,27). The van der Waals surface area contributed by atoms with Crippen molar-refractivity contribution in [2.75, 3.05) is 12.4 Å². The molecule has 3 N–H and O–H groups in total. The van der Waals surface area contributed by atoms with Crippen LogP contribution in [0, 0.1) is 6.92 Å². The number of anilines is 1. The van der Waals surface area contributed by atoms with Crippen LogP contribution in [0.25, 0.3) is 0 Å². The number of halogens is 3. The highest BCUT2D eigenvalue weighted by Gasteiger charge is 2.35. The summed E-state index contributed by atoms with van der Waals surface area (Å²) in [5, 5.41) is 8.62. The summed E-state index contributed by atoms with van der Waals surface area (Å²) in [5.74, 6) is -0.0758. The highest BCUT2D eigenvalue weighted by molar-refractivity contribution is 7.80. The molecule has 0 bridgehead atoms. The molecule has 0 aliphatic heterocycles. The number of carbonyl (C=O) groups excluding carboxylic acids is 1. The number of hydrogen-bond donors (Lipinski definition) is 3. The minimum Gasteiger partial charge on any atom is -0.496 e. The molecule has 9 heteroatoms. The zero-order valence-corrected chi connectivity index (χ0v) is 17.6. The molecule has 0 radical (unpaired) electrons. The van der Waals surface area contributed by atoms with Crippen molar-refractivity contribution in [3.8, 4) is 5.75 Å². The van der Waals surface area contributed by atoms with Crippen molar-refractivity contribution in [3.05, 3.63) is 59.7 Å². The molecular weight excluding hydrogens is 429 g/mol. The number of thiocarbonyl (C=S) groups is 1. The fraction of sp³-hybridized carbons (Fsp3) is 0.222. The Bertz CT molecular complexity index is 827. The van der Waals surface area contributed by atoms with E-state index in [0.29, 0.717) is 11.3 Å². The van der Waals surface area contributed by atoms with Crippen LogP contribution in [-0.4, -0.2) is 28.1 Å². The molecular formula is C18H18Cl3N3O2S. The maximum absolute atomic E-state index is 12.6. The smallest absolute Gasteiger partial charge is 0.256 e. The van der Waals surface area contributed by atoms with E-state index in [4.69, 9.17) is 51.8 Å². The molecule has 2 rings (SSSR count). The van der Waals surface area contributed by atoms with E-state index >= 15 is 0 Å². The first kappa shape index (κ1) is 21.6. The van der Waals surface area contributed by atoms with Crippen LogP contribution in [0.3, 0.4) is 0 Å². The number of alkyl halides is 3. The van der Waals surface area contributed by atoms with Gasteiger partial charge in [-0.15, -0.1) is 0 Å². The SMILES string of the molecule is COc1ccccc1C(=O)NC(NC(=S)Nc1cccc(C)c1)C(Cl)(Cl)Cl. The summed E-state index contributed by atoms with van der Waals surface area (Å²) in [6.07, 6.45) is -1.08. The Morgan fingerprint density at radius 1 is 1.11 bits per heavy atom. The molecule has 2 aromatic carbocycles. The molecule has 0 saturated heterocycles. The molecule has 1 atom stereocenters. The van der Waals surface area contributed by atoms with E-state index in [9.17, 15) is 4.79 Å². The van der Waals surface area contributed by atoms with Crippen LogP contribution in [0.1, 0.15) is 15.9 Å². The number of benzene rings is 2. The van der Waals surface area contributed by atoms with Gasteiger partial charge in [-0.05, 0) is 49.0 Å². The molecule has 0 aromatic heterocycles. The van der Waals surface area contributed by atoms with E-state index in [1.807, 2.05) is 31.2 Å². The summed E-state index contributed by atoms with van der Waals surface area (Å²) >= 11 is 23.3. The third-order valence-corrected chi connectivity index (χ3v) is 4.38. The predicted molar refractivity (Wildman–Crippen MR) is 115 cm³/mol. The molecule has 1 unspecified atom stereocenters. The molecule has 0 saturated carbocycles. The van der Waals surface area contributed by atoms with Crippen LogP contribution in [0.2, 0.25) is 0 Å². The summed E-state index contributed by atoms with van der Waals surface area (Å²) < 4.78 is 3.34. The number of carbonyl (C=O) groups is 1. The minimum absolute atomic E-state index is 0.192. The van der Waals surface area contributed by atoms with Gasteiger partial charge in [-0.2, -0.15) is 0 Å². The molecule has 0 fully saturated rings. The van der Waals surface area contributed by atoms with E-state index in [1.165, 1.54) is 7.11 Å². The number of para-hydroxylation sites is 1. The molecule has 27 heavy (non-hydrogen) atoms. The topological polar surface area (TPSA) is 62.4 Å². The van der Waals surface area contributed by atoms with Gasteiger partial charge in [0.05, 0.1) is 12.7 Å². The Hall–Kier alpha value is -1.73. The van der Waals surface area contributed by atoms with Crippen molar-refractivity contribution in [1.82, 2.24) is 10.6 Å². The van der Waals surface area contributed by atoms with E-state index in [0.717, 1.165) is 11.3 Å². The van der Waals surface area contributed by atoms with Crippen molar-refractivity contribution >= 4 is 63.7 Å². The van der Waals surface area contributed by atoms with Gasteiger partial charge in [0.2, 0.25) is 3.79 Å². The Kier molecular flexibility index (Phi) is 7.56. The van der Waals surface area contributed by atoms with E-state index in [-0.39, 0.29) is 5.11 Å². The fourth-order valence-corrected chi connectivity index (χ4v) is 2.82. The van der Waals surface area contributed by atoms with Crippen LogP contribution < -0.4 is 20.7 Å². The zero-order valence-electron chi connectivity index (χ0n) is 14.6. The highest BCUT2D eigenvalue weighted by Crippen LogP contribution is 2.30. The zero-order chi connectivity index (χ0) is 20.0. The maximum atomic E-state index is 12.6. The molecule has 5 nitrogen and oxygen atoms in total. The number of hydrogen-bond acceptors (Lipinski definition) is 3. The van der Waals surface area contributed by atoms with Crippen molar-refractivity contribution in [2.45, 2.75) is 16.9 Å². The third-order valence-electron chi connectivity index (χ3n) is 3.51. The molecule has 0 aliphatic carbocycles. The van der Waals surface area contributed by atoms with Gasteiger partial charge in [-0.3, -0.25) is 4.79 Å². The van der Waals surface area contributed by atoms with Crippen molar-refractivity contribution in [1.29, 1.82) is 0 Å². The number of rotatable bonds is 5. The lowest BCUT2D eigenvalue weighted by molar-refractivity contribution is 0.0931. The van der Waals surface area contributed by atoms with E-state index in [1.54, 1.807) is 24.3 Å². The van der Waals surface area contributed by atoms with Gasteiger partial charge in [-0.1, -0.05) is 59.1 Å². The van der Waals surface area contributed by atoms with Crippen LogP contribution in [0.4, 0.5) is 5.69 Å². The number of amides is 1. The molecule has 0 spiro atoms. The molecule has 144 valence electrons. The van der Waals surface area contributed by atoms with Gasteiger partial charge in [0.1, 0.15) is 11.9 Å². The predicted octanol–water partition coefficient (Wildman–Crippen LogP) is 4.42. The molecule has 0 aliphatic rings. The second-order valence-corrected chi connectivity index (χ2v) is 8.39. The first-order valence-corrected chi connectivity index (χ1v) is 9.39. The number of nitrogens with one attached hydrogen (secondary N) is 3. The number of aryl methyl sites for hydroxylation is 1. The van der Waals surface area contributed by atoms with Crippen molar-refractivity contribution in [2.24, 2.45) is 0 Å². The van der Waals surface area contributed by atoms with Gasteiger partial charge in [0.25, 0.3) is 5.91 Å². The first-order chi connectivity index (χ1) is 12.7. The Balaban J connectivity index is 2.11. The molecule has 0 heterocycles. The van der Waals surface area contributed by atoms with E-state index in [2.05, 4.69) is 16.0 Å². The summed E-state index contributed by atoms with van der Waals surface area (Å²) in [6.45, 7) is 1.96. The quantitative estimate of drug-likeness (QED) is 0.361. The monoisotopic (exact) mass is 445 g/mol. The van der Waals surface area contributed by atoms with Crippen LogP contribution >= 0.6 is 47.0 Å². The summed E-state index contributed by atoms with van der Waals surface area (Å²) in [7, 11) is 1.47. The van der Waals surface area contributed by atoms with Gasteiger partial charge in [0.15, 0.2) is 5.11 Å².